The fourth-order valence-corrected chi connectivity index (χ4v) is 3.15. The number of allylic oxidation sites excluding steroid dienone is 1. The molecule has 0 aliphatic carbocycles. The predicted octanol–water partition coefficient (Wildman–Crippen LogP) is 3.53. The van der Waals surface area contributed by atoms with Crippen molar-refractivity contribution in [3.63, 3.8) is 0 Å². The highest BCUT2D eigenvalue weighted by atomic mass is 35.5. The summed E-state index contributed by atoms with van der Waals surface area (Å²) in [4.78, 5) is 12.9. The van der Waals surface area contributed by atoms with E-state index >= 15 is 0 Å². The largest absolute Gasteiger partial charge is 0.440 e. The van der Waals surface area contributed by atoms with Gasteiger partial charge in [-0.25, -0.2) is 0 Å². The highest BCUT2D eigenvalue weighted by Crippen LogP contribution is 2.46. The minimum Gasteiger partial charge on any atom is -0.440 e. The first-order valence-corrected chi connectivity index (χ1v) is 8.04. The number of nitro groups is 1. The first-order valence-electron chi connectivity index (χ1n) is 7.66. The average Bonchev–Trinajstić information content (AvgIpc) is 2.59. The van der Waals surface area contributed by atoms with E-state index in [0.29, 0.717) is 21.9 Å². The lowest BCUT2D eigenvalue weighted by Crippen LogP contribution is -2.22. The number of anilines is 1. The molecular weight excluding hydrogens is 356 g/mol. The number of hydrogen-bond acceptors (Lipinski definition) is 6. The summed E-state index contributed by atoms with van der Waals surface area (Å²) in [5.74, 6) is -0.360. The van der Waals surface area contributed by atoms with Crippen LogP contribution in [0.15, 0.2) is 47.9 Å². The smallest absolute Gasteiger partial charge is 0.273 e. The molecule has 0 radical (unpaired) electrons. The maximum atomic E-state index is 11.5. The van der Waals surface area contributed by atoms with Crippen molar-refractivity contribution in [3.05, 3.63) is 74.1 Å². The molecule has 26 heavy (non-hydrogen) atoms. The molecule has 3 rings (SSSR count). The lowest BCUT2D eigenvalue weighted by molar-refractivity contribution is -0.385. The second kappa shape index (κ2) is 6.58. The number of benzene rings is 2. The summed E-state index contributed by atoms with van der Waals surface area (Å²) in [6.45, 7) is 0. The molecule has 8 heteroatoms. The molecule has 132 valence electrons. The zero-order chi connectivity index (χ0) is 19.0. The second-order valence-electron chi connectivity index (χ2n) is 6.00. The molecule has 2 aromatic carbocycles. The topological polar surface area (TPSA) is 105 Å². The van der Waals surface area contributed by atoms with Crippen LogP contribution in [0, 0.1) is 21.4 Å². The van der Waals surface area contributed by atoms with Gasteiger partial charge in [0, 0.05) is 48.1 Å². The summed E-state index contributed by atoms with van der Waals surface area (Å²) in [7, 11) is 3.76. The molecule has 0 bridgehead atoms. The maximum absolute atomic E-state index is 11.5. The fraction of sp³-hybridized carbons (Fsp3) is 0.167. The zero-order valence-electron chi connectivity index (χ0n) is 14.1. The Morgan fingerprint density at radius 2 is 2.00 bits per heavy atom. The van der Waals surface area contributed by atoms with Crippen LogP contribution in [0.1, 0.15) is 17.0 Å². The van der Waals surface area contributed by atoms with E-state index < -0.39 is 10.8 Å². The maximum Gasteiger partial charge on any atom is 0.273 e. The van der Waals surface area contributed by atoms with Gasteiger partial charge in [0.2, 0.25) is 5.88 Å². The molecule has 0 aromatic heterocycles. The Bertz CT molecular complexity index is 979. The molecule has 1 aliphatic rings. The number of ether oxygens (including phenoxy) is 1. The second-order valence-corrected chi connectivity index (χ2v) is 6.44. The van der Waals surface area contributed by atoms with E-state index in [4.69, 9.17) is 22.1 Å². The minimum atomic E-state index is -0.737. The van der Waals surface area contributed by atoms with E-state index in [9.17, 15) is 15.4 Å². The third-order valence-electron chi connectivity index (χ3n) is 4.22. The van der Waals surface area contributed by atoms with Crippen LogP contribution in [-0.4, -0.2) is 19.0 Å². The van der Waals surface area contributed by atoms with Crippen molar-refractivity contribution in [2.75, 3.05) is 19.0 Å². The molecule has 0 saturated heterocycles. The molecule has 0 saturated carbocycles. The number of nitrogens with two attached hydrogens (primary N) is 1. The van der Waals surface area contributed by atoms with Crippen molar-refractivity contribution >= 4 is 23.0 Å². The Balaban J connectivity index is 2.29. The van der Waals surface area contributed by atoms with E-state index in [1.54, 1.807) is 12.1 Å². The van der Waals surface area contributed by atoms with Crippen molar-refractivity contribution in [2.45, 2.75) is 5.92 Å². The van der Waals surface area contributed by atoms with Gasteiger partial charge in [0.15, 0.2) is 0 Å². The summed E-state index contributed by atoms with van der Waals surface area (Å²) in [5.41, 5.74) is 7.70. The van der Waals surface area contributed by atoms with Crippen LogP contribution in [-0.2, 0) is 0 Å². The van der Waals surface area contributed by atoms with Gasteiger partial charge in [-0.15, -0.1) is 0 Å². The van der Waals surface area contributed by atoms with Crippen LogP contribution in [0.4, 0.5) is 11.4 Å². The standard InChI is InChI=1S/C18H15ClN4O3/c1-22(2)11-4-5-12-16(8-11)26-18(21)14(9-20)17(12)13-7-10(19)3-6-15(13)23(24)25/h3-8,17H,21H2,1-2H3. The van der Waals surface area contributed by atoms with Crippen LogP contribution in [0.2, 0.25) is 5.02 Å². The van der Waals surface area contributed by atoms with Gasteiger partial charge in [0.25, 0.3) is 5.69 Å². The molecular formula is C18H15ClN4O3. The molecule has 2 N–H and O–H groups in total. The lowest BCUT2D eigenvalue weighted by Gasteiger charge is -2.27. The monoisotopic (exact) mass is 370 g/mol. The van der Waals surface area contributed by atoms with E-state index in [1.807, 2.05) is 31.1 Å². The van der Waals surface area contributed by atoms with Gasteiger partial charge < -0.3 is 15.4 Å². The van der Waals surface area contributed by atoms with Gasteiger partial charge >= 0.3 is 0 Å². The Kier molecular flexibility index (Phi) is 4.45. The predicted molar refractivity (Wildman–Crippen MR) is 98.2 cm³/mol. The van der Waals surface area contributed by atoms with Crippen LogP contribution >= 0.6 is 11.6 Å². The number of nitro benzene ring substituents is 1. The highest BCUT2D eigenvalue weighted by molar-refractivity contribution is 6.30. The third-order valence-corrected chi connectivity index (χ3v) is 4.45. The van der Waals surface area contributed by atoms with Gasteiger partial charge in [-0.1, -0.05) is 17.7 Å². The van der Waals surface area contributed by atoms with Gasteiger partial charge in [-0.05, 0) is 18.2 Å². The third kappa shape index (κ3) is 2.91. The summed E-state index contributed by atoms with van der Waals surface area (Å²) in [6, 6.07) is 11.7. The normalized spacial score (nSPS) is 15.7. The lowest BCUT2D eigenvalue weighted by atomic mass is 9.82. The molecule has 0 fully saturated rings. The average molecular weight is 371 g/mol. The van der Waals surface area contributed by atoms with Crippen LogP contribution < -0.4 is 15.4 Å². The fourth-order valence-electron chi connectivity index (χ4n) is 2.96. The summed E-state index contributed by atoms with van der Waals surface area (Å²) < 4.78 is 5.61. The Morgan fingerprint density at radius 3 is 2.62 bits per heavy atom. The Hall–Kier alpha value is -3.24. The van der Waals surface area contributed by atoms with Gasteiger partial charge in [0.05, 0.1) is 10.8 Å². The van der Waals surface area contributed by atoms with Crippen molar-refractivity contribution in [2.24, 2.45) is 5.73 Å². The van der Waals surface area contributed by atoms with E-state index in [2.05, 4.69) is 0 Å². The number of hydrogen-bond donors (Lipinski definition) is 1. The number of halogens is 1. The van der Waals surface area contributed by atoms with Crippen molar-refractivity contribution in [1.82, 2.24) is 0 Å². The van der Waals surface area contributed by atoms with Crippen LogP contribution in [0.5, 0.6) is 5.75 Å². The summed E-state index contributed by atoms with van der Waals surface area (Å²) >= 11 is 6.07. The minimum absolute atomic E-state index is 0.0739. The highest BCUT2D eigenvalue weighted by Gasteiger charge is 2.35. The molecule has 7 nitrogen and oxygen atoms in total. The van der Waals surface area contributed by atoms with Gasteiger partial charge in [-0.2, -0.15) is 5.26 Å². The van der Waals surface area contributed by atoms with Crippen molar-refractivity contribution in [3.8, 4) is 11.8 Å². The van der Waals surface area contributed by atoms with Crippen molar-refractivity contribution < 1.29 is 9.66 Å². The molecule has 2 aromatic rings. The molecule has 1 unspecified atom stereocenters. The van der Waals surface area contributed by atoms with Gasteiger partial charge in [0.1, 0.15) is 17.4 Å². The quantitative estimate of drug-likeness (QED) is 0.654. The van der Waals surface area contributed by atoms with Crippen molar-refractivity contribution in [1.29, 1.82) is 5.26 Å². The molecule has 1 heterocycles. The number of nitriles is 1. The number of rotatable bonds is 3. The van der Waals surface area contributed by atoms with E-state index in [0.717, 1.165) is 5.69 Å². The first-order chi connectivity index (χ1) is 12.3. The van der Waals surface area contributed by atoms with Crippen LogP contribution in [0.3, 0.4) is 0 Å². The molecule has 0 spiro atoms. The van der Waals surface area contributed by atoms with E-state index in [-0.39, 0.29) is 17.1 Å². The SMILES string of the molecule is CN(C)c1ccc2c(c1)OC(N)=C(C#N)C2c1cc(Cl)ccc1[N+](=O)[O-]. The summed E-state index contributed by atoms with van der Waals surface area (Å²) in [6.07, 6.45) is 0. The molecule has 0 amide bonds. The summed E-state index contributed by atoms with van der Waals surface area (Å²) in [5, 5.41) is 21.4. The van der Waals surface area contributed by atoms with Crippen LogP contribution in [0.25, 0.3) is 0 Å². The first kappa shape index (κ1) is 17.6. The Morgan fingerprint density at radius 1 is 1.27 bits per heavy atom. The van der Waals surface area contributed by atoms with E-state index in [1.165, 1.54) is 18.2 Å². The Labute approximate surface area is 155 Å². The molecule has 1 aliphatic heterocycles. The molecule has 1 atom stereocenters. The number of fused-ring (bicyclic) bond motifs is 1. The number of nitrogens with zero attached hydrogens (tertiary/aromatic N) is 3. The zero-order valence-corrected chi connectivity index (χ0v) is 14.8. The van der Waals surface area contributed by atoms with Gasteiger partial charge in [-0.3, -0.25) is 10.1 Å².